The Kier molecular flexibility index (Phi) is 3.13. The molecule has 0 aliphatic heterocycles. The van der Waals surface area contributed by atoms with Gasteiger partial charge >= 0.3 is 0 Å². The molecule has 3 rings (SSSR count). The normalized spacial score (nSPS) is 17.1. The molecule has 94 valence electrons. The zero-order valence-corrected chi connectivity index (χ0v) is 10.5. The molecule has 0 radical (unpaired) electrons. The van der Waals surface area contributed by atoms with Crippen molar-refractivity contribution in [1.82, 2.24) is 9.97 Å². The lowest BCUT2D eigenvalue weighted by Crippen LogP contribution is -2.12. The second-order valence-corrected chi connectivity index (χ2v) is 5.25. The summed E-state index contributed by atoms with van der Waals surface area (Å²) in [4.78, 5) is 19.6. The maximum Gasteiger partial charge on any atom is 0.165 e. The third-order valence-corrected chi connectivity index (χ3v) is 3.98. The third-order valence-electron chi connectivity index (χ3n) is 3.98. The molecule has 1 aliphatic rings. The topological polar surface area (TPSA) is 45.8 Å². The van der Waals surface area contributed by atoms with Crippen LogP contribution >= 0.6 is 0 Å². The van der Waals surface area contributed by atoms with Gasteiger partial charge in [-0.05, 0) is 12.0 Å². The average Bonchev–Trinajstić information content (AvgIpc) is 2.84. The highest BCUT2D eigenvalue weighted by atomic mass is 16.1. The predicted octanol–water partition coefficient (Wildman–Crippen LogP) is 3.72. The molecule has 0 atom stereocenters. The van der Waals surface area contributed by atoms with E-state index in [4.69, 9.17) is 0 Å². The minimum absolute atomic E-state index is 0.265. The van der Waals surface area contributed by atoms with E-state index in [1.54, 1.807) is 12.4 Å². The van der Waals surface area contributed by atoms with E-state index in [0.717, 1.165) is 16.5 Å². The number of pyridine rings is 1. The maximum absolute atomic E-state index is 12.3. The van der Waals surface area contributed by atoms with E-state index in [1.165, 1.54) is 32.1 Å². The van der Waals surface area contributed by atoms with Crippen molar-refractivity contribution in [3.05, 3.63) is 30.2 Å². The smallest absolute Gasteiger partial charge is 0.165 e. The van der Waals surface area contributed by atoms with E-state index in [0.29, 0.717) is 12.3 Å². The SMILES string of the molecule is O=C(CC1CCCCC1)c1c[nH]c2ccncc12. The Morgan fingerprint density at radius 1 is 1.33 bits per heavy atom. The summed E-state index contributed by atoms with van der Waals surface area (Å²) in [6.45, 7) is 0. The number of nitrogens with zero attached hydrogens (tertiary/aromatic N) is 1. The minimum Gasteiger partial charge on any atom is -0.360 e. The number of Topliss-reactive ketones (excluding diaryl/α,β-unsaturated/α-hetero) is 1. The molecule has 0 spiro atoms. The molecule has 2 aromatic rings. The number of nitrogens with one attached hydrogen (secondary N) is 1. The molecule has 0 saturated heterocycles. The monoisotopic (exact) mass is 242 g/mol. The highest BCUT2D eigenvalue weighted by Crippen LogP contribution is 2.28. The van der Waals surface area contributed by atoms with E-state index in [1.807, 2.05) is 12.3 Å². The number of H-pyrrole nitrogens is 1. The van der Waals surface area contributed by atoms with Crippen LogP contribution in [-0.2, 0) is 0 Å². The lowest BCUT2D eigenvalue weighted by molar-refractivity contribution is 0.0952. The number of ketones is 1. The predicted molar refractivity (Wildman–Crippen MR) is 71.6 cm³/mol. The first-order chi connectivity index (χ1) is 8.84. The first kappa shape index (κ1) is 11.5. The van der Waals surface area contributed by atoms with Crippen molar-refractivity contribution < 1.29 is 4.79 Å². The summed E-state index contributed by atoms with van der Waals surface area (Å²) in [7, 11) is 0. The molecule has 1 fully saturated rings. The van der Waals surface area contributed by atoms with Crippen LogP contribution in [0.15, 0.2) is 24.7 Å². The summed E-state index contributed by atoms with van der Waals surface area (Å²) < 4.78 is 0. The van der Waals surface area contributed by atoms with Gasteiger partial charge < -0.3 is 4.98 Å². The standard InChI is InChI=1S/C15H18N2O/c18-15(8-11-4-2-1-3-5-11)13-10-17-14-6-7-16-9-12(13)14/h6-7,9-11,17H,1-5,8H2. The first-order valence-electron chi connectivity index (χ1n) is 6.79. The number of rotatable bonds is 3. The molecule has 0 aromatic carbocycles. The van der Waals surface area contributed by atoms with Crippen LogP contribution in [0.2, 0.25) is 0 Å². The highest BCUT2D eigenvalue weighted by molar-refractivity contribution is 6.07. The number of hydrogen-bond acceptors (Lipinski definition) is 2. The van der Waals surface area contributed by atoms with Gasteiger partial charge in [-0.3, -0.25) is 9.78 Å². The molecule has 1 saturated carbocycles. The summed E-state index contributed by atoms with van der Waals surface area (Å²) in [5.41, 5.74) is 1.81. The summed E-state index contributed by atoms with van der Waals surface area (Å²) in [6.07, 6.45) is 12.4. The lowest BCUT2D eigenvalue weighted by Gasteiger charge is -2.20. The third kappa shape index (κ3) is 2.17. The second kappa shape index (κ2) is 4.92. The van der Waals surface area contributed by atoms with Crippen LogP contribution in [0.3, 0.4) is 0 Å². The maximum atomic E-state index is 12.3. The molecular formula is C15H18N2O. The Labute approximate surface area is 107 Å². The fraction of sp³-hybridized carbons (Fsp3) is 0.467. The van der Waals surface area contributed by atoms with Gasteiger partial charge in [-0.15, -0.1) is 0 Å². The molecule has 0 unspecified atom stereocenters. The van der Waals surface area contributed by atoms with E-state index in [-0.39, 0.29) is 5.78 Å². The molecule has 2 heterocycles. The summed E-state index contributed by atoms with van der Waals surface area (Å²) in [6, 6.07) is 1.91. The molecule has 1 aliphatic carbocycles. The second-order valence-electron chi connectivity index (χ2n) is 5.25. The zero-order chi connectivity index (χ0) is 12.4. The quantitative estimate of drug-likeness (QED) is 0.834. The van der Waals surface area contributed by atoms with Gasteiger partial charge in [0.15, 0.2) is 5.78 Å². The molecule has 1 N–H and O–H groups in total. The van der Waals surface area contributed by atoms with Crippen molar-refractivity contribution in [3.8, 4) is 0 Å². The molecular weight excluding hydrogens is 224 g/mol. The van der Waals surface area contributed by atoms with E-state index < -0.39 is 0 Å². The van der Waals surface area contributed by atoms with Gasteiger partial charge in [0.2, 0.25) is 0 Å². The largest absolute Gasteiger partial charge is 0.360 e. The number of aromatic nitrogens is 2. The van der Waals surface area contributed by atoms with Crippen LogP contribution in [0.5, 0.6) is 0 Å². The molecule has 18 heavy (non-hydrogen) atoms. The Bertz CT molecular complexity index is 552. The molecule has 2 aromatic heterocycles. The van der Waals surface area contributed by atoms with E-state index in [9.17, 15) is 4.79 Å². The van der Waals surface area contributed by atoms with Crippen LogP contribution in [0.25, 0.3) is 10.9 Å². The van der Waals surface area contributed by atoms with Gasteiger partial charge in [0, 0.05) is 41.5 Å². The van der Waals surface area contributed by atoms with Gasteiger partial charge in [0.25, 0.3) is 0 Å². The van der Waals surface area contributed by atoms with Crippen LogP contribution in [0.4, 0.5) is 0 Å². The lowest BCUT2D eigenvalue weighted by atomic mass is 9.85. The van der Waals surface area contributed by atoms with Crippen molar-refractivity contribution in [1.29, 1.82) is 0 Å². The van der Waals surface area contributed by atoms with Gasteiger partial charge in [0.05, 0.1) is 0 Å². The van der Waals surface area contributed by atoms with Crippen LogP contribution in [-0.4, -0.2) is 15.8 Å². The number of fused-ring (bicyclic) bond motifs is 1. The number of hydrogen-bond donors (Lipinski definition) is 1. The Morgan fingerprint density at radius 2 is 2.17 bits per heavy atom. The number of aromatic amines is 1. The van der Waals surface area contributed by atoms with Gasteiger partial charge in [-0.1, -0.05) is 32.1 Å². The number of carbonyl (C=O) groups excluding carboxylic acids is 1. The van der Waals surface area contributed by atoms with Gasteiger partial charge in [-0.2, -0.15) is 0 Å². The van der Waals surface area contributed by atoms with Crippen LogP contribution in [0.1, 0.15) is 48.9 Å². The molecule has 3 nitrogen and oxygen atoms in total. The summed E-state index contributed by atoms with van der Waals surface area (Å²) in [5.74, 6) is 0.856. The first-order valence-corrected chi connectivity index (χ1v) is 6.79. The van der Waals surface area contributed by atoms with E-state index >= 15 is 0 Å². The van der Waals surface area contributed by atoms with Crippen LogP contribution in [0, 0.1) is 5.92 Å². The summed E-state index contributed by atoms with van der Waals surface area (Å²) in [5, 5.41) is 0.957. The van der Waals surface area contributed by atoms with Crippen molar-refractivity contribution in [3.63, 3.8) is 0 Å². The van der Waals surface area contributed by atoms with Crippen molar-refractivity contribution >= 4 is 16.7 Å². The molecule has 3 heteroatoms. The minimum atomic E-state index is 0.265. The Hall–Kier alpha value is -1.64. The molecule has 0 amide bonds. The van der Waals surface area contributed by atoms with Gasteiger partial charge in [-0.25, -0.2) is 0 Å². The average molecular weight is 242 g/mol. The fourth-order valence-corrected chi connectivity index (χ4v) is 2.96. The molecule has 0 bridgehead atoms. The summed E-state index contributed by atoms with van der Waals surface area (Å²) >= 11 is 0. The Morgan fingerprint density at radius 3 is 3.00 bits per heavy atom. The van der Waals surface area contributed by atoms with Crippen LogP contribution < -0.4 is 0 Å². The van der Waals surface area contributed by atoms with Crippen molar-refractivity contribution in [2.45, 2.75) is 38.5 Å². The van der Waals surface area contributed by atoms with Crippen molar-refractivity contribution in [2.75, 3.05) is 0 Å². The number of carbonyl (C=O) groups is 1. The fourth-order valence-electron chi connectivity index (χ4n) is 2.96. The van der Waals surface area contributed by atoms with Gasteiger partial charge in [0.1, 0.15) is 0 Å². The Balaban J connectivity index is 1.79. The van der Waals surface area contributed by atoms with Crippen molar-refractivity contribution in [2.24, 2.45) is 5.92 Å². The highest BCUT2D eigenvalue weighted by Gasteiger charge is 2.19. The van der Waals surface area contributed by atoms with E-state index in [2.05, 4.69) is 9.97 Å². The zero-order valence-electron chi connectivity index (χ0n) is 10.5.